The normalized spacial score (nSPS) is 20.1. The molecule has 1 atom stereocenters. The number of hydrogen-bond acceptors (Lipinski definition) is 3. The molecule has 2 rings (SSSR count). The van der Waals surface area contributed by atoms with Gasteiger partial charge in [0.25, 0.3) is 5.91 Å². The SMILES string of the molecule is CN(C)C(=O)C1CN(c2ccccc2)CCO1. The number of rotatable bonds is 2. The number of carbonyl (C=O) groups is 1. The minimum absolute atomic E-state index is 0.0330. The van der Waals surface area contributed by atoms with Crippen LogP contribution in [0.25, 0.3) is 0 Å². The molecule has 0 saturated carbocycles. The average Bonchev–Trinajstić information content (AvgIpc) is 2.39. The minimum atomic E-state index is -0.348. The van der Waals surface area contributed by atoms with Gasteiger partial charge in [-0.1, -0.05) is 18.2 Å². The highest BCUT2D eigenvalue weighted by Crippen LogP contribution is 2.17. The van der Waals surface area contributed by atoms with Crippen molar-refractivity contribution in [1.29, 1.82) is 0 Å². The average molecular weight is 234 g/mol. The molecule has 0 N–H and O–H groups in total. The lowest BCUT2D eigenvalue weighted by Gasteiger charge is -2.34. The zero-order valence-electron chi connectivity index (χ0n) is 10.3. The van der Waals surface area contributed by atoms with E-state index in [1.807, 2.05) is 18.2 Å². The van der Waals surface area contributed by atoms with Crippen LogP contribution in [0, 0.1) is 0 Å². The first-order chi connectivity index (χ1) is 8.18. The lowest BCUT2D eigenvalue weighted by molar-refractivity contribution is -0.141. The monoisotopic (exact) mass is 234 g/mol. The molecule has 0 bridgehead atoms. The van der Waals surface area contributed by atoms with Gasteiger partial charge in [0.1, 0.15) is 0 Å². The van der Waals surface area contributed by atoms with Gasteiger partial charge in [0.2, 0.25) is 0 Å². The Hall–Kier alpha value is -1.55. The third-order valence-corrected chi connectivity index (χ3v) is 2.90. The van der Waals surface area contributed by atoms with Crippen LogP contribution in [0.2, 0.25) is 0 Å². The zero-order chi connectivity index (χ0) is 12.3. The molecular weight excluding hydrogens is 216 g/mol. The van der Waals surface area contributed by atoms with E-state index in [1.54, 1.807) is 19.0 Å². The third-order valence-electron chi connectivity index (χ3n) is 2.90. The second kappa shape index (κ2) is 5.19. The lowest BCUT2D eigenvalue weighted by Crippen LogP contribution is -2.49. The van der Waals surface area contributed by atoms with Crippen LogP contribution in [0.3, 0.4) is 0 Å². The van der Waals surface area contributed by atoms with Crippen molar-refractivity contribution in [3.05, 3.63) is 30.3 Å². The highest BCUT2D eigenvalue weighted by Gasteiger charge is 2.27. The highest BCUT2D eigenvalue weighted by atomic mass is 16.5. The molecule has 1 aromatic carbocycles. The molecule has 0 spiro atoms. The molecule has 0 aliphatic carbocycles. The van der Waals surface area contributed by atoms with Gasteiger partial charge >= 0.3 is 0 Å². The number of benzene rings is 1. The maximum Gasteiger partial charge on any atom is 0.253 e. The van der Waals surface area contributed by atoms with E-state index in [0.717, 1.165) is 12.2 Å². The standard InChI is InChI=1S/C13H18N2O2/c1-14(2)13(16)12-10-15(8-9-17-12)11-6-4-3-5-7-11/h3-7,12H,8-10H2,1-2H3. The van der Waals surface area contributed by atoms with E-state index in [0.29, 0.717) is 13.2 Å². The van der Waals surface area contributed by atoms with Gasteiger partial charge in [-0.25, -0.2) is 0 Å². The van der Waals surface area contributed by atoms with Crippen molar-refractivity contribution in [1.82, 2.24) is 4.90 Å². The molecule has 4 heteroatoms. The molecule has 4 nitrogen and oxygen atoms in total. The topological polar surface area (TPSA) is 32.8 Å². The predicted octanol–water partition coefficient (Wildman–Crippen LogP) is 0.980. The first-order valence-corrected chi connectivity index (χ1v) is 5.81. The molecule has 1 aliphatic rings. The number of carbonyl (C=O) groups excluding carboxylic acids is 1. The highest BCUT2D eigenvalue weighted by molar-refractivity contribution is 5.81. The van der Waals surface area contributed by atoms with Gasteiger partial charge in [-0.3, -0.25) is 4.79 Å². The van der Waals surface area contributed by atoms with Crippen molar-refractivity contribution in [2.24, 2.45) is 0 Å². The number of likely N-dealkylation sites (N-methyl/N-ethyl adjacent to an activating group) is 1. The van der Waals surface area contributed by atoms with Crippen molar-refractivity contribution < 1.29 is 9.53 Å². The summed E-state index contributed by atoms with van der Waals surface area (Å²) in [5, 5.41) is 0. The number of para-hydroxylation sites is 1. The predicted molar refractivity (Wildman–Crippen MR) is 67.1 cm³/mol. The fourth-order valence-corrected chi connectivity index (χ4v) is 1.96. The van der Waals surface area contributed by atoms with E-state index in [1.165, 1.54) is 0 Å². The fraction of sp³-hybridized carbons (Fsp3) is 0.462. The first kappa shape index (κ1) is 11.9. The van der Waals surface area contributed by atoms with Crippen LogP contribution in [0.4, 0.5) is 5.69 Å². The Bertz CT molecular complexity index is 378. The summed E-state index contributed by atoms with van der Waals surface area (Å²) < 4.78 is 5.52. The van der Waals surface area contributed by atoms with Gasteiger partial charge in [0.15, 0.2) is 6.10 Å². The number of morpholine rings is 1. The van der Waals surface area contributed by atoms with Gasteiger partial charge in [-0.2, -0.15) is 0 Å². The summed E-state index contributed by atoms with van der Waals surface area (Å²) in [6.45, 7) is 2.06. The maximum absolute atomic E-state index is 11.8. The van der Waals surface area contributed by atoms with Gasteiger partial charge in [-0.15, -0.1) is 0 Å². The summed E-state index contributed by atoms with van der Waals surface area (Å²) in [4.78, 5) is 15.6. The summed E-state index contributed by atoms with van der Waals surface area (Å²) in [6, 6.07) is 10.1. The van der Waals surface area contributed by atoms with Crippen LogP contribution in [-0.4, -0.2) is 50.7 Å². The Kier molecular flexibility index (Phi) is 3.64. The van der Waals surface area contributed by atoms with E-state index in [-0.39, 0.29) is 12.0 Å². The number of hydrogen-bond donors (Lipinski definition) is 0. The van der Waals surface area contributed by atoms with Crippen molar-refractivity contribution in [3.63, 3.8) is 0 Å². The van der Waals surface area contributed by atoms with Crippen LogP contribution >= 0.6 is 0 Å². The molecule has 0 aromatic heterocycles. The van der Waals surface area contributed by atoms with E-state index in [9.17, 15) is 4.79 Å². The Morgan fingerprint density at radius 2 is 2.06 bits per heavy atom. The number of amides is 1. The second-order valence-corrected chi connectivity index (χ2v) is 4.37. The largest absolute Gasteiger partial charge is 0.366 e. The van der Waals surface area contributed by atoms with Crippen LogP contribution in [0.1, 0.15) is 0 Å². The molecular formula is C13H18N2O2. The first-order valence-electron chi connectivity index (χ1n) is 5.81. The van der Waals surface area contributed by atoms with E-state index >= 15 is 0 Å². The Labute approximate surface area is 102 Å². The molecule has 17 heavy (non-hydrogen) atoms. The molecule has 1 heterocycles. The molecule has 1 amide bonds. The van der Waals surface area contributed by atoms with E-state index in [2.05, 4.69) is 17.0 Å². The van der Waals surface area contributed by atoms with Gasteiger partial charge in [0.05, 0.1) is 13.2 Å². The number of anilines is 1. The quantitative estimate of drug-likeness (QED) is 0.764. The van der Waals surface area contributed by atoms with Gasteiger partial charge in [-0.05, 0) is 12.1 Å². The van der Waals surface area contributed by atoms with Crippen LogP contribution in [0.15, 0.2) is 30.3 Å². The Morgan fingerprint density at radius 3 is 2.71 bits per heavy atom. The lowest BCUT2D eigenvalue weighted by atomic mass is 10.2. The summed E-state index contributed by atoms with van der Waals surface area (Å²) in [7, 11) is 3.51. The molecule has 92 valence electrons. The second-order valence-electron chi connectivity index (χ2n) is 4.37. The van der Waals surface area contributed by atoms with E-state index < -0.39 is 0 Å². The molecule has 1 saturated heterocycles. The third kappa shape index (κ3) is 2.77. The Morgan fingerprint density at radius 1 is 1.35 bits per heavy atom. The van der Waals surface area contributed by atoms with Crippen molar-refractivity contribution in [3.8, 4) is 0 Å². The summed E-state index contributed by atoms with van der Waals surface area (Å²) in [5.41, 5.74) is 1.15. The maximum atomic E-state index is 11.8. The number of nitrogens with zero attached hydrogens (tertiary/aromatic N) is 2. The summed E-state index contributed by atoms with van der Waals surface area (Å²) >= 11 is 0. The van der Waals surface area contributed by atoms with Crippen molar-refractivity contribution >= 4 is 11.6 Å². The molecule has 1 fully saturated rings. The van der Waals surface area contributed by atoms with Crippen LogP contribution < -0.4 is 4.90 Å². The van der Waals surface area contributed by atoms with Crippen molar-refractivity contribution in [2.75, 3.05) is 38.7 Å². The van der Waals surface area contributed by atoms with Gasteiger partial charge in [0, 0.05) is 26.3 Å². The molecule has 1 unspecified atom stereocenters. The number of ether oxygens (including phenoxy) is 1. The Balaban J connectivity index is 2.05. The summed E-state index contributed by atoms with van der Waals surface area (Å²) in [5.74, 6) is 0.0330. The van der Waals surface area contributed by atoms with Crippen LogP contribution in [0.5, 0.6) is 0 Å². The fourth-order valence-electron chi connectivity index (χ4n) is 1.96. The zero-order valence-corrected chi connectivity index (χ0v) is 10.3. The minimum Gasteiger partial charge on any atom is -0.366 e. The van der Waals surface area contributed by atoms with Crippen molar-refractivity contribution in [2.45, 2.75) is 6.10 Å². The summed E-state index contributed by atoms with van der Waals surface area (Å²) in [6.07, 6.45) is -0.348. The van der Waals surface area contributed by atoms with Crippen LogP contribution in [-0.2, 0) is 9.53 Å². The van der Waals surface area contributed by atoms with E-state index in [4.69, 9.17) is 4.74 Å². The smallest absolute Gasteiger partial charge is 0.253 e. The molecule has 1 aromatic rings. The molecule has 0 radical (unpaired) electrons. The molecule has 1 aliphatic heterocycles. The van der Waals surface area contributed by atoms with Gasteiger partial charge < -0.3 is 14.5 Å².